The smallest absolute Gasteiger partial charge is 0.123 e. The molecule has 0 atom stereocenters. The molecule has 0 saturated heterocycles. The molecule has 152 valence electrons. The Balaban J connectivity index is 1.63. The van der Waals surface area contributed by atoms with Gasteiger partial charge in [0.05, 0.1) is 13.2 Å². The average Bonchev–Trinajstić information content (AvgIpc) is 3.18. The Morgan fingerprint density at radius 1 is 0.833 bits per heavy atom. The molecule has 0 unspecified atom stereocenters. The number of aromatic nitrogens is 3. The number of nitrogens with zero attached hydrogens (tertiary/aromatic N) is 3. The minimum atomic E-state index is -0.304. The largest absolute Gasteiger partial charge is 0.394 e. The molecule has 4 aromatic rings. The first kappa shape index (κ1) is 19.9. The van der Waals surface area contributed by atoms with E-state index in [-0.39, 0.29) is 18.2 Å². The lowest BCUT2D eigenvalue weighted by molar-refractivity contribution is 0.269. The van der Waals surface area contributed by atoms with Gasteiger partial charge in [-0.1, -0.05) is 12.1 Å². The Morgan fingerprint density at radius 2 is 1.53 bits per heavy atom. The minimum Gasteiger partial charge on any atom is -0.394 e. The van der Waals surface area contributed by atoms with E-state index >= 15 is 0 Å². The van der Waals surface area contributed by atoms with Crippen molar-refractivity contribution in [2.45, 2.75) is 19.4 Å². The third kappa shape index (κ3) is 4.60. The number of aliphatic hydroxyl groups is 1. The Bertz CT molecular complexity index is 1120. The maximum absolute atomic E-state index is 13.4. The standard InChI is InChI=1S/C24H21F2N3O/c25-20-6-1-17(2-7-20)3-10-22-15-19(11-12-27-22)23-16-29(13-14-30)28-24(23)18-4-8-21(26)9-5-18/h1-2,4-9,11-12,15-16,30H,3,10,13-14H2. The van der Waals surface area contributed by atoms with Crippen LogP contribution in [0.1, 0.15) is 11.3 Å². The summed E-state index contributed by atoms with van der Waals surface area (Å²) in [6, 6.07) is 16.6. The third-order valence-electron chi connectivity index (χ3n) is 4.92. The summed E-state index contributed by atoms with van der Waals surface area (Å²) in [4.78, 5) is 4.46. The Labute approximate surface area is 173 Å². The van der Waals surface area contributed by atoms with E-state index in [1.54, 1.807) is 35.1 Å². The zero-order valence-electron chi connectivity index (χ0n) is 16.3. The summed E-state index contributed by atoms with van der Waals surface area (Å²) in [6.07, 6.45) is 5.11. The van der Waals surface area contributed by atoms with Gasteiger partial charge in [-0.25, -0.2) is 8.78 Å². The second kappa shape index (κ2) is 8.97. The van der Waals surface area contributed by atoms with E-state index < -0.39 is 0 Å². The Hall–Kier alpha value is -3.38. The number of aliphatic hydroxyl groups excluding tert-OH is 1. The maximum Gasteiger partial charge on any atom is 0.123 e. The van der Waals surface area contributed by atoms with Gasteiger partial charge in [-0.15, -0.1) is 0 Å². The van der Waals surface area contributed by atoms with Crippen molar-refractivity contribution >= 4 is 0 Å². The van der Waals surface area contributed by atoms with E-state index in [1.807, 2.05) is 18.3 Å². The molecule has 0 aliphatic carbocycles. The van der Waals surface area contributed by atoms with Crippen molar-refractivity contribution in [3.8, 4) is 22.4 Å². The summed E-state index contributed by atoms with van der Waals surface area (Å²) in [6.45, 7) is 0.347. The molecule has 2 heterocycles. The highest BCUT2D eigenvalue weighted by Gasteiger charge is 2.14. The molecule has 6 heteroatoms. The lowest BCUT2D eigenvalue weighted by Gasteiger charge is -2.06. The molecule has 0 aliphatic rings. The van der Waals surface area contributed by atoms with Crippen molar-refractivity contribution < 1.29 is 13.9 Å². The number of aryl methyl sites for hydroxylation is 2. The summed E-state index contributed by atoms with van der Waals surface area (Å²) < 4.78 is 28.1. The van der Waals surface area contributed by atoms with Crippen molar-refractivity contribution in [3.63, 3.8) is 0 Å². The Morgan fingerprint density at radius 3 is 2.23 bits per heavy atom. The monoisotopic (exact) mass is 405 g/mol. The summed E-state index contributed by atoms with van der Waals surface area (Å²) in [7, 11) is 0. The van der Waals surface area contributed by atoms with Crippen molar-refractivity contribution in [1.29, 1.82) is 0 Å². The van der Waals surface area contributed by atoms with Crippen molar-refractivity contribution in [1.82, 2.24) is 14.8 Å². The van der Waals surface area contributed by atoms with E-state index in [9.17, 15) is 13.9 Å². The van der Waals surface area contributed by atoms with Crippen LogP contribution in [0, 0.1) is 11.6 Å². The van der Waals surface area contributed by atoms with Crippen molar-refractivity contribution in [2.75, 3.05) is 6.61 Å². The van der Waals surface area contributed by atoms with Gasteiger partial charge >= 0.3 is 0 Å². The zero-order valence-corrected chi connectivity index (χ0v) is 16.3. The van der Waals surface area contributed by atoms with Crippen LogP contribution in [0.25, 0.3) is 22.4 Å². The van der Waals surface area contributed by atoms with Gasteiger partial charge < -0.3 is 5.11 Å². The van der Waals surface area contributed by atoms with E-state index in [1.165, 1.54) is 24.3 Å². The van der Waals surface area contributed by atoms with Crippen LogP contribution in [0.3, 0.4) is 0 Å². The van der Waals surface area contributed by atoms with Gasteiger partial charge in [-0.3, -0.25) is 9.67 Å². The lowest BCUT2D eigenvalue weighted by atomic mass is 10.0. The van der Waals surface area contributed by atoms with Crippen LogP contribution in [0.4, 0.5) is 8.78 Å². The molecule has 4 nitrogen and oxygen atoms in total. The van der Waals surface area contributed by atoms with Crippen LogP contribution in [-0.2, 0) is 19.4 Å². The predicted molar refractivity (Wildman–Crippen MR) is 112 cm³/mol. The molecular weight excluding hydrogens is 384 g/mol. The highest BCUT2D eigenvalue weighted by Crippen LogP contribution is 2.31. The van der Waals surface area contributed by atoms with Crippen molar-refractivity contribution in [2.24, 2.45) is 0 Å². The molecule has 2 aromatic carbocycles. The topological polar surface area (TPSA) is 50.9 Å². The fourth-order valence-electron chi connectivity index (χ4n) is 3.38. The Kier molecular flexibility index (Phi) is 5.95. The van der Waals surface area contributed by atoms with Gasteiger partial charge in [0.2, 0.25) is 0 Å². The van der Waals surface area contributed by atoms with Crippen LogP contribution in [0.15, 0.2) is 73.1 Å². The van der Waals surface area contributed by atoms with Crippen LogP contribution >= 0.6 is 0 Å². The number of halogens is 2. The van der Waals surface area contributed by atoms with Gasteiger partial charge in [0.1, 0.15) is 17.3 Å². The molecule has 2 aromatic heterocycles. The van der Waals surface area contributed by atoms with E-state index in [0.29, 0.717) is 6.54 Å². The fourth-order valence-corrected chi connectivity index (χ4v) is 3.38. The van der Waals surface area contributed by atoms with Crippen LogP contribution in [0.5, 0.6) is 0 Å². The number of pyridine rings is 1. The number of benzene rings is 2. The molecule has 1 N–H and O–H groups in total. The van der Waals surface area contributed by atoms with Gasteiger partial charge in [0, 0.05) is 29.2 Å². The summed E-state index contributed by atoms with van der Waals surface area (Å²) in [5, 5.41) is 13.9. The van der Waals surface area contributed by atoms with Crippen LogP contribution in [-0.4, -0.2) is 26.5 Å². The molecule has 0 aliphatic heterocycles. The molecule has 30 heavy (non-hydrogen) atoms. The summed E-state index contributed by atoms with van der Waals surface area (Å²) in [5.41, 5.74) is 5.32. The van der Waals surface area contributed by atoms with E-state index in [0.717, 1.165) is 46.5 Å². The second-order valence-electron chi connectivity index (χ2n) is 7.05. The van der Waals surface area contributed by atoms with E-state index in [4.69, 9.17) is 0 Å². The summed E-state index contributed by atoms with van der Waals surface area (Å²) >= 11 is 0. The third-order valence-corrected chi connectivity index (χ3v) is 4.92. The van der Waals surface area contributed by atoms with Gasteiger partial charge in [0.25, 0.3) is 0 Å². The molecule has 0 radical (unpaired) electrons. The molecule has 0 bridgehead atoms. The highest BCUT2D eigenvalue weighted by molar-refractivity contribution is 5.80. The van der Waals surface area contributed by atoms with Gasteiger partial charge in [-0.05, 0) is 72.5 Å². The molecule has 0 saturated carbocycles. The number of hydrogen-bond donors (Lipinski definition) is 1. The van der Waals surface area contributed by atoms with Gasteiger partial charge in [-0.2, -0.15) is 5.10 Å². The fraction of sp³-hybridized carbons (Fsp3) is 0.167. The normalized spacial score (nSPS) is 11.0. The first-order valence-corrected chi connectivity index (χ1v) is 9.76. The van der Waals surface area contributed by atoms with E-state index in [2.05, 4.69) is 10.1 Å². The quantitative estimate of drug-likeness (QED) is 0.486. The van der Waals surface area contributed by atoms with Gasteiger partial charge in [0.15, 0.2) is 0 Å². The SMILES string of the molecule is OCCn1cc(-c2ccnc(CCc3ccc(F)cc3)c2)c(-c2ccc(F)cc2)n1. The first-order valence-electron chi connectivity index (χ1n) is 9.76. The lowest BCUT2D eigenvalue weighted by Crippen LogP contribution is -2.02. The number of rotatable bonds is 7. The molecular formula is C24H21F2N3O. The van der Waals surface area contributed by atoms with Crippen LogP contribution in [0.2, 0.25) is 0 Å². The molecule has 0 spiro atoms. The zero-order chi connectivity index (χ0) is 20.9. The molecule has 4 rings (SSSR count). The maximum atomic E-state index is 13.4. The predicted octanol–water partition coefficient (Wildman–Crippen LogP) is 4.67. The summed E-state index contributed by atoms with van der Waals surface area (Å²) in [5.74, 6) is -0.547. The molecule has 0 fully saturated rings. The van der Waals surface area contributed by atoms with Crippen molar-refractivity contribution in [3.05, 3.63) is 95.9 Å². The second-order valence-corrected chi connectivity index (χ2v) is 7.05. The number of hydrogen-bond acceptors (Lipinski definition) is 3. The average molecular weight is 405 g/mol. The minimum absolute atomic E-state index is 0.0246. The van der Waals surface area contributed by atoms with Crippen LogP contribution < -0.4 is 0 Å². The highest BCUT2D eigenvalue weighted by atomic mass is 19.1. The molecule has 0 amide bonds. The first-order chi connectivity index (χ1) is 14.6.